The lowest BCUT2D eigenvalue weighted by Gasteiger charge is -2.30. The minimum Gasteiger partial charge on any atom is -0.326 e. The molecular weight excluding hydrogens is 346 g/mol. The summed E-state index contributed by atoms with van der Waals surface area (Å²) >= 11 is 1.63. The molecule has 0 aliphatic carbocycles. The molecule has 1 N–H and O–H groups in total. The van der Waals surface area contributed by atoms with Crippen molar-refractivity contribution < 1.29 is 13.2 Å². The summed E-state index contributed by atoms with van der Waals surface area (Å²) in [4.78, 5) is 16.0. The maximum Gasteiger partial charge on any atom is 0.243 e. The van der Waals surface area contributed by atoms with Gasteiger partial charge < -0.3 is 5.32 Å². The average Bonchev–Trinajstić information content (AvgIpc) is 3.22. The van der Waals surface area contributed by atoms with Crippen LogP contribution in [0.1, 0.15) is 29.3 Å². The van der Waals surface area contributed by atoms with Crippen molar-refractivity contribution >= 4 is 33.0 Å². The van der Waals surface area contributed by atoms with Crippen LogP contribution in [-0.4, -0.2) is 36.7 Å². The van der Waals surface area contributed by atoms with E-state index in [2.05, 4.69) is 10.3 Å². The van der Waals surface area contributed by atoms with Crippen molar-refractivity contribution in [3.05, 3.63) is 40.3 Å². The monoisotopic (exact) mass is 363 g/mol. The highest BCUT2D eigenvalue weighted by Gasteiger charge is 2.31. The molecule has 1 aromatic heterocycles. The van der Waals surface area contributed by atoms with Crippen molar-refractivity contribution in [1.82, 2.24) is 9.29 Å². The first kappa shape index (κ1) is 15.7. The molecule has 3 heterocycles. The molecule has 2 aliphatic rings. The summed E-state index contributed by atoms with van der Waals surface area (Å²) in [5.74, 6) is 0.252. The van der Waals surface area contributed by atoms with Crippen LogP contribution in [-0.2, 0) is 21.2 Å². The second kappa shape index (κ2) is 5.94. The summed E-state index contributed by atoms with van der Waals surface area (Å²) in [6.07, 6.45) is 3.61. The number of carbonyl (C=O) groups is 1. The van der Waals surface area contributed by atoms with E-state index >= 15 is 0 Å². The Balaban J connectivity index is 1.52. The van der Waals surface area contributed by atoms with Crippen LogP contribution in [0.3, 0.4) is 0 Å². The SMILES string of the molecule is O=C1Cc2cc(S(=O)(=O)N3CCC(c4nccs4)CC3)ccc2N1. The third-order valence-electron chi connectivity index (χ3n) is 4.59. The Morgan fingerprint density at radius 3 is 2.75 bits per heavy atom. The number of aromatic nitrogens is 1. The molecule has 8 heteroatoms. The van der Waals surface area contributed by atoms with Gasteiger partial charge in [-0.15, -0.1) is 11.3 Å². The molecule has 126 valence electrons. The lowest BCUT2D eigenvalue weighted by Crippen LogP contribution is -2.37. The van der Waals surface area contributed by atoms with Crippen LogP contribution < -0.4 is 5.32 Å². The highest BCUT2D eigenvalue weighted by atomic mass is 32.2. The normalized spacial score (nSPS) is 19.2. The molecule has 24 heavy (non-hydrogen) atoms. The van der Waals surface area contributed by atoms with Gasteiger partial charge in [0.2, 0.25) is 15.9 Å². The number of sulfonamides is 1. The predicted molar refractivity (Wildman–Crippen MR) is 91.6 cm³/mol. The zero-order valence-electron chi connectivity index (χ0n) is 12.9. The molecule has 0 unspecified atom stereocenters. The van der Waals surface area contributed by atoms with Gasteiger partial charge in [-0.2, -0.15) is 4.31 Å². The summed E-state index contributed by atoms with van der Waals surface area (Å²) < 4.78 is 27.3. The predicted octanol–water partition coefficient (Wildman–Crippen LogP) is 2.21. The van der Waals surface area contributed by atoms with Crippen LogP contribution in [0.4, 0.5) is 5.69 Å². The zero-order chi connectivity index (χ0) is 16.7. The highest BCUT2D eigenvalue weighted by Crippen LogP contribution is 2.33. The molecule has 1 aromatic carbocycles. The Hall–Kier alpha value is -1.77. The van der Waals surface area contributed by atoms with Crippen molar-refractivity contribution in [3.8, 4) is 0 Å². The van der Waals surface area contributed by atoms with Crippen molar-refractivity contribution in [2.45, 2.75) is 30.1 Å². The molecule has 0 radical (unpaired) electrons. The number of nitrogens with one attached hydrogen (secondary N) is 1. The van der Waals surface area contributed by atoms with E-state index < -0.39 is 10.0 Å². The van der Waals surface area contributed by atoms with Gasteiger partial charge >= 0.3 is 0 Å². The molecule has 2 aromatic rings. The molecular formula is C16H17N3O3S2. The van der Waals surface area contributed by atoms with Crippen molar-refractivity contribution in [2.24, 2.45) is 0 Å². The third kappa shape index (κ3) is 2.74. The van der Waals surface area contributed by atoms with Crippen LogP contribution in [0.15, 0.2) is 34.7 Å². The lowest BCUT2D eigenvalue weighted by atomic mass is 9.99. The standard InChI is InChI=1S/C16H17N3O3S2/c20-15-10-12-9-13(1-2-14(12)18-15)24(21,22)19-6-3-11(4-7-19)16-17-5-8-23-16/h1-2,5,8-9,11H,3-4,6-7,10H2,(H,18,20). The Kier molecular flexibility index (Phi) is 3.90. The van der Waals surface area contributed by atoms with E-state index in [1.807, 2.05) is 5.38 Å². The Morgan fingerprint density at radius 1 is 1.25 bits per heavy atom. The molecule has 0 atom stereocenters. The molecule has 1 fully saturated rings. The van der Waals surface area contributed by atoms with E-state index in [4.69, 9.17) is 0 Å². The second-order valence-corrected chi connectivity index (χ2v) is 8.96. The van der Waals surface area contributed by atoms with Crippen molar-refractivity contribution in [1.29, 1.82) is 0 Å². The minimum atomic E-state index is -3.52. The summed E-state index contributed by atoms with van der Waals surface area (Å²) in [6.45, 7) is 1.00. The van der Waals surface area contributed by atoms with E-state index in [9.17, 15) is 13.2 Å². The molecule has 0 spiro atoms. The number of hydrogen-bond donors (Lipinski definition) is 1. The first-order valence-electron chi connectivity index (χ1n) is 7.86. The number of hydrogen-bond acceptors (Lipinski definition) is 5. The van der Waals surface area contributed by atoms with Crippen LogP contribution >= 0.6 is 11.3 Å². The molecule has 0 bridgehead atoms. The number of carbonyl (C=O) groups excluding carboxylic acids is 1. The van der Waals surface area contributed by atoms with Gasteiger partial charge in [-0.05, 0) is 36.6 Å². The Bertz CT molecular complexity index is 870. The van der Waals surface area contributed by atoms with Crippen LogP contribution in [0.25, 0.3) is 0 Å². The Morgan fingerprint density at radius 2 is 2.04 bits per heavy atom. The fraction of sp³-hybridized carbons (Fsp3) is 0.375. The zero-order valence-corrected chi connectivity index (χ0v) is 14.6. The second-order valence-electron chi connectivity index (χ2n) is 6.09. The van der Waals surface area contributed by atoms with E-state index in [1.165, 1.54) is 0 Å². The van der Waals surface area contributed by atoms with Gasteiger partial charge in [-0.3, -0.25) is 4.79 Å². The fourth-order valence-corrected chi connectivity index (χ4v) is 5.63. The summed E-state index contributed by atoms with van der Waals surface area (Å²) in [7, 11) is -3.52. The van der Waals surface area contributed by atoms with Crippen LogP contribution in [0.2, 0.25) is 0 Å². The van der Waals surface area contributed by atoms with E-state index in [0.29, 0.717) is 24.7 Å². The quantitative estimate of drug-likeness (QED) is 0.907. The maximum absolute atomic E-state index is 12.9. The maximum atomic E-state index is 12.9. The number of thiazole rings is 1. The largest absolute Gasteiger partial charge is 0.326 e. The van der Waals surface area contributed by atoms with E-state index in [-0.39, 0.29) is 17.2 Å². The lowest BCUT2D eigenvalue weighted by molar-refractivity contribution is -0.115. The smallest absolute Gasteiger partial charge is 0.243 e. The molecule has 2 aliphatic heterocycles. The number of nitrogens with zero attached hydrogens (tertiary/aromatic N) is 2. The molecule has 1 amide bonds. The first-order valence-corrected chi connectivity index (χ1v) is 10.2. The van der Waals surface area contributed by atoms with Crippen molar-refractivity contribution in [2.75, 3.05) is 18.4 Å². The number of anilines is 1. The molecule has 6 nitrogen and oxygen atoms in total. The number of amides is 1. The third-order valence-corrected chi connectivity index (χ3v) is 7.43. The summed E-state index contributed by atoms with van der Waals surface area (Å²) in [5, 5.41) is 5.77. The van der Waals surface area contributed by atoms with E-state index in [0.717, 1.165) is 23.4 Å². The van der Waals surface area contributed by atoms with Gasteiger partial charge in [0, 0.05) is 36.3 Å². The number of benzene rings is 1. The summed E-state index contributed by atoms with van der Waals surface area (Å²) in [5.41, 5.74) is 1.46. The minimum absolute atomic E-state index is 0.0937. The summed E-state index contributed by atoms with van der Waals surface area (Å²) in [6, 6.07) is 4.87. The van der Waals surface area contributed by atoms with Gasteiger partial charge in [-0.1, -0.05) is 0 Å². The topological polar surface area (TPSA) is 79.4 Å². The number of piperidine rings is 1. The fourth-order valence-electron chi connectivity index (χ4n) is 3.29. The van der Waals surface area contributed by atoms with Crippen LogP contribution in [0, 0.1) is 0 Å². The van der Waals surface area contributed by atoms with Gasteiger partial charge in [0.15, 0.2) is 0 Å². The molecule has 4 rings (SSSR count). The first-order chi connectivity index (χ1) is 11.5. The van der Waals surface area contributed by atoms with E-state index in [1.54, 1.807) is 40.0 Å². The van der Waals surface area contributed by atoms with Gasteiger partial charge in [0.1, 0.15) is 0 Å². The van der Waals surface area contributed by atoms with Gasteiger partial charge in [0.05, 0.1) is 16.3 Å². The Labute approximate surface area is 144 Å². The van der Waals surface area contributed by atoms with Crippen molar-refractivity contribution in [3.63, 3.8) is 0 Å². The molecule has 0 saturated carbocycles. The average molecular weight is 363 g/mol. The van der Waals surface area contributed by atoms with Gasteiger partial charge in [0.25, 0.3) is 0 Å². The van der Waals surface area contributed by atoms with Gasteiger partial charge in [-0.25, -0.2) is 13.4 Å². The number of rotatable bonds is 3. The molecule has 1 saturated heterocycles. The van der Waals surface area contributed by atoms with Crippen LogP contribution in [0.5, 0.6) is 0 Å². The highest BCUT2D eigenvalue weighted by molar-refractivity contribution is 7.89. The number of fused-ring (bicyclic) bond motifs is 1.